The maximum Gasteiger partial charge on any atom is 0.323 e. The number of aliphatic carboxylic acids is 1. The summed E-state index contributed by atoms with van der Waals surface area (Å²) < 4.78 is 1.47. The Labute approximate surface area is 203 Å². The molecule has 1 fully saturated rings. The minimum atomic E-state index is -1.20. The lowest BCUT2D eigenvalue weighted by atomic mass is 10.1. The number of anilines is 1. The van der Waals surface area contributed by atoms with Crippen molar-refractivity contribution in [1.29, 1.82) is 0 Å². The van der Waals surface area contributed by atoms with Gasteiger partial charge in [0.1, 0.15) is 22.3 Å². The number of hydrogen-bond donors (Lipinski definition) is 3. The second kappa shape index (κ2) is 9.75. The minimum Gasteiger partial charge on any atom is -0.480 e. The highest BCUT2D eigenvalue weighted by Crippen LogP contribution is 2.33. The SMILES string of the molecule is Cc1cccn2c(=O)c(/C=C3\SC(=S)N(CC(=O)O)C3=O)c(NCC(O)c3ccccc3)nc12. The predicted molar refractivity (Wildman–Crippen MR) is 134 cm³/mol. The van der Waals surface area contributed by atoms with Gasteiger partial charge in [-0.1, -0.05) is 60.4 Å². The molecule has 1 unspecified atom stereocenters. The molecule has 0 radical (unpaired) electrons. The summed E-state index contributed by atoms with van der Waals surface area (Å²) in [5.74, 6) is -1.60. The van der Waals surface area contributed by atoms with Gasteiger partial charge >= 0.3 is 5.97 Å². The first-order valence-electron chi connectivity index (χ1n) is 10.2. The van der Waals surface area contributed by atoms with Crippen molar-refractivity contribution in [1.82, 2.24) is 14.3 Å². The molecule has 0 aliphatic carbocycles. The second-order valence-corrected chi connectivity index (χ2v) is 9.21. The van der Waals surface area contributed by atoms with Crippen LogP contribution in [0.5, 0.6) is 0 Å². The molecule has 3 heterocycles. The van der Waals surface area contributed by atoms with Gasteiger partial charge in [0, 0.05) is 12.7 Å². The number of thiocarbonyl (C=S) groups is 1. The summed E-state index contributed by atoms with van der Waals surface area (Å²) >= 11 is 6.06. The van der Waals surface area contributed by atoms with E-state index < -0.39 is 30.1 Å². The van der Waals surface area contributed by atoms with Gasteiger partial charge in [0.05, 0.1) is 16.6 Å². The average Bonchev–Trinajstić information content (AvgIpc) is 3.07. The number of benzene rings is 1. The van der Waals surface area contributed by atoms with Crippen molar-refractivity contribution in [3.05, 3.63) is 80.6 Å². The third-order valence-corrected chi connectivity index (χ3v) is 6.55. The van der Waals surface area contributed by atoms with Crippen LogP contribution >= 0.6 is 24.0 Å². The van der Waals surface area contributed by atoms with Gasteiger partial charge in [0.15, 0.2) is 0 Å². The molecule has 1 amide bonds. The highest BCUT2D eigenvalue weighted by Gasteiger charge is 2.34. The topological polar surface area (TPSA) is 124 Å². The number of nitrogens with zero attached hydrogens (tertiary/aromatic N) is 3. The zero-order chi connectivity index (χ0) is 24.4. The van der Waals surface area contributed by atoms with Gasteiger partial charge < -0.3 is 15.5 Å². The highest BCUT2D eigenvalue weighted by molar-refractivity contribution is 8.26. The molecule has 0 bridgehead atoms. The Kier molecular flexibility index (Phi) is 6.77. The van der Waals surface area contributed by atoms with Crippen LogP contribution in [0.2, 0.25) is 0 Å². The van der Waals surface area contributed by atoms with E-state index in [1.165, 1.54) is 10.5 Å². The van der Waals surface area contributed by atoms with Crippen molar-refractivity contribution in [3.63, 3.8) is 0 Å². The summed E-state index contributed by atoms with van der Waals surface area (Å²) in [5, 5.41) is 22.7. The summed E-state index contributed by atoms with van der Waals surface area (Å²) in [6.45, 7) is 1.32. The van der Waals surface area contributed by atoms with E-state index in [4.69, 9.17) is 17.3 Å². The largest absolute Gasteiger partial charge is 0.480 e. The molecular formula is C23H20N4O5S2. The Hall–Kier alpha value is -3.54. The lowest BCUT2D eigenvalue weighted by Gasteiger charge is -2.15. The van der Waals surface area contributed by atoms with Crippen LogP contribution in [-0.4, -0.2) is 53.8 Å². The van der Waals surface area contributed by atoms with Crippen LogP contribution in [0, 0.1) is 6.92 Å². The Morgan fingerprint density at radius 2 is 1.97 bits per heavy atom. The summed E-state index contributed by atoms with van der Waals surface area (Å²) in [6, 6.07) is 12.6. The monoisotopic (exact) mass is 496 g/mol. The van der Waals surface area contributed by atoms with E-state index in [9.17, 15) is 19.5 Å². The summed E-state index contributed by atoms with van der Waals surface area (Å²) in [6.07, 6.45) is 2.08. The molecule has 34 heavy (non-hydrogen) atoms. The first-order valence-corrected chi connectivity index (χ1v) is 11.4. The van der Waals surface area contributed by atoms with Gasteiger partial charge in [-0.2, -0.15) is 0 Å². The van der Waals surface area contributed by atoms with E-state index in [0.717, 1.165) is 22.2 Å². The fraction of sp³-hybridized carbons (Fsp3) is 0.174. The first-order chi connectivity index (χ1) is 16.3. The van der Waals surface area contributed by atoms with Crippen molar-refractivity contribution in [2.45, 2.75) is 13.0 Å². The number of nitrogens with one attached hydrogen (secondary N) is 1. The lowest BCUT2D eigenvalue weighted by molar-refractivity contribution is -0.140. The maximum atomic E-state index is 13.4. The molecule has 9 nitrogen and oxygen atoms in total. The molecule has 11 heteroatoms. The van der Waals surface area contributed by atoms with Gasteiger partial charge in [0.25, 0.3) is 11.5 Å². The average molecular weight is 497 g/mol. The number of amides is 1. The number of carboxylic acid groups (broad SMARTS) is 1. The lowest BCUT2D eigenvalue weighted by Crippen LogP contribution is -2.33. The van der Waals surface area contributed by atoms with Gasteiger partial charge in [-0.3, -0.25) is 23.7 Å². The zero-order valence-corrected chi connectivity index (χ0v) is 19.6. The standard InChI is InChI=1S/C23H20N4O5S2/c1-13-6-5-9-26-20(13)25-19(24-11-16(28)14-7-3-2-4-8-14)15(21(26)31)10-17-22(32)27(12-18(29)30)23(33)34-17/h2-10,16,24,28H,11-12H2,1H3,(H,29,30)/b17-10-. The second-order valence-electron chi connectivity index (χ2n) is 7.53. The van der Waals surface area contributed by atoms with Gasteiger partial charge in [-0.05, 0) is 30.2 Å². The molecule has 0 spiro atoms. The predicted octanol–water partition coefficient (Wildman–Crippen LogP) is 2.43. The molecule has 1 aliphatic heterocycles. The number of aliphatic hydroxyl groups excluding tert-OH is 1. The number of pyridine rings is 1. The Balaban J connectivity index is 1.76. The van der Waals surface area contributed by atoms with Crippen molar-refractivity contribution >= 4 is 57.7 Å². The highest BCUT2D eigenvalue weighted by atomic mass is 32.2. The van der Waals surface area contributed by atoms with Crippen LogP contribution in [0.1, 0.15) is 22.8 Å². The number of thioether (sulfide) groups is 1. The number of rotatable bonds is 7. The van der Waals surface area contributed by atoms with Crippen molar-refractivity contribution in [2.24, 2.45) is 0 Å². The molecule has 2 aromatic heterocycles. The number of aliphatic hydroxyl groups is 1. The van der Waals surface area contributed by atoms with E-state index in [-0.39, 0.29) is 27.2 Å². The van der Waals surface area contributed by atoms with Crippen molar-refractivity contribution in [3.8, 4) is 0 Å². The van der Waals surface area contributed by atoms with Crippen LogP contribution in [0.25, 0.3) is 11.7 Å². The molecule has 1 atom stereocenters. The third-order valence-electron chi connectivity index (χ3n) is 5.17. The normalized spacial score (nSPS) is 15.8. The molecule has 4 rings (SSSR count). The number of hydrogen-bond acceptors (Lipinski definition) is 8. The molecule has 1 aliphatic rings. The van der Waals surface area contributed by atoms with Gasteiger partial charge in [-0.15, -0.1) is 0 Å². The van der Waals surface area contributed by atoms with E-state index in [1.54, 1.807) is 24.4 Å². The van der Waals surface area contributed by atoms with E-state index in [1.807, 2.05) is 31.2 Å². The van der Waals surface area contributed by atoms with Crippen LogP contribution in [0.3, 0.4) is 0 Å². The number of aromatic nitrogens is 2. The maximum absolute atomic E-state index is 13.4. The minimum absolute atomic E-state index is 0.0688. The first kappa shape index (κ1) is 23.6. The summed E-state index contributed by atoms with van der Waals surface area (Å²) in [7, 11) is 0. The van der Waals surface area contributed by atoms with Gasteiger partial charge in [0.2, 0.25) is 0 Å². The molecular weight excluding hydrogens is 476 g/mol. The fourth-order valence-electron chi connectivity index (χ4n) is 3.47. The number of carboxylic acids is 1. The van der Waals surface area contributed by atoms with Crippen LogP contribution in [0.4, 0.5) is 5.82 Å². The Bertz CT molecular complexity index is 1390. The van der Waals surface area contributed by atoms with Crippen molar-refractivity contribution in [2.75, 3.05) is 18.4 Å². The number of fused-ring (bicyclic) bond motifs is 1. The molecule has 3 N–H and O–H groups in total. The van der Waals surface area contributed by atoms with E-state index >= 15 is 0 Å². The fourth-order valence-corrected chi connectivity index (χ4v) is 4.70. The Morgan fingerprint density at radius 3 is 2.68 bits per heavy atom. The Morgan fingerprint density at radius 1 is 1.24 bits per heavy atom. The number of aryl methyl sites for hydroxylation is 1. The summed E-state index contributed by atoms with van der Waals surface area (Å²) in [5.41, 5.74) is 1.57. The number of carbonyl (C=O) groups excluding carboxylic acids is 1. The van der Waals surface area contributed by atoms with Gasteiger partial charge in [-0.25, -0.2) is 4.98 Å². The molecule has 174 valence electrons. The van der Waals surface area contributed by atoms with Crippen LogP contribution in [0.15, 0.2) is 58.4 Å². The molecule has 0 saturated carbocycles. The van der Waals surface area contributed by atoms with E-state index in [2.05, 4.69) is 10.3 Å². The molecule has 1 saturated heterocycles. The zero-order valence-electron chi connectivity index (χ0n) is 18.0. The third kappa shape index (κ3) is 4.72. The quantitative estimate of drug-likeness (QED) is 0.334. The number of carbonyl (C=O) groups is 2. The molecule has 3 aromatic rings. The summed E-state index contributed by atoms with van der Waals surface area (Å²) in [4.78, 5) is 42.9. The molecule has 1 aromatic carbocycles. The van der Waals surface area contributed by atoms with Crippen LogP contribution in [-0.2, 0) is 9.59 Å². The van der Waals surface area contributed by atoms with Crippen LogP contribution < -0.4 is 10.9 Å². The smallest absolute Gasteiger partial charge is 0.323 e. The van der Waals surface area contributed by atoms with E-state index in [0.29, 0.717) is 11.2 Å². The van der Waals surface area contributed by atoms with Crippen molar-refractivity contribution < 1.29 is 19.8 Å².